The summed E-state index contributed by atoms with van der Waals surface area (Å²) >= 11 is 3.27. The molecule has 0 radical (unpaired) electrons. The van der Waals surface area contributed by atoms with Gasteiger partial charge >= 0.3 is 0 Å². The second-order valence-corrected chi connectivity index (χ2v) is 3.77. The summed E-state index contributed by atoms with van der Waals surface area (Å²) in [6.45, 7) is 4.39. The highest BCUT2D eigenvalue weighted by Crippen LogP contribution is 2.13. The Morgan fingerprint density at radius 2 is 1.85 bits per heavy atom. The molecule has 0 heterocycles. The average Bonchev–Trinajstić information content (AvgIpc) is 2.15. The number of halogens is 1. The second kappa shape index (κ2) is 5.09. The van der Waals surface area contributed by atoms with E-state index in [4.69, 9.17) is 0 Å². The van der Waals surface area contributed by atoms with Crippen LogP contribution in [0.1, 0.15) is 30.9 Å². The Balaban J connectivity index is 2.81. The second-order valence-electron chi connectivity index (χ2n) is 3.21. The van der Waals surface area contributed by atoms with E-state index in [0.717, 1.165) is 10.9 Å². The van der Waals surface area contributed by atoms with Gasteiger partial charge in [0.2, 0.25) is 0 Å². The molecule has 0 atom stereocenters. The minimum atomic E-state index is 0.596. The predicted octanol–water partition coefficient (Wildman–Crippen LogP) is 3.56. The SMILES string of the molecule is CC(C)c1ccc(C#CCBr)cc1. The van der Waals surface area contributed by atoms with E-state index in [1.54, 1.807) is 0 Å². The number of hydrogen-bond donors (Lipinski definition) is 0. The van der Waals surface area contributed by atoms with Crippen LogP contribution in [-0.4, -0.2) is 5.33 Å². The van der Waals surface area contributed by atoms with Gasteiger partial charge in [0.25, 0.3) is 0 Å². The van der Waals surface area contributed by atoms with Crippen LogP contribution in [0, 0.1) is 11.8 Å². The van der Waals surface area contributed by atoms with Gasteiger partial charge in [-0.2, -0.15) is 0 Å². The van der Waals surface area contributed by atoms with Crippen LogP contribution in [-0.2, 0) is 0 Å². The fraction of sp³-hybridized carbons (Fsp3) is 0.333. The molecule has 1 aromatic rings. The molecule has 0 aromatic heterocycles. The molecule has 0 N–H and O–H groups in total. The molecule has 0 amide bonds. The monoisotopic (exact) mass is 236 g/mol. The van der Waals surface area contributed by atoms with Crippen molar-refractivity contribution >= 4 is 15.9 Å². The zero-order valence-electron chi connectivity index (χ0n) is 7.97. The molecule has 1 rings (SSSR count). The fourth-order valence-corrected chi connectivity index (χ4v) is 1.23. The first-order valence-electron chi connectivity index (χ1n) is 4.39. The van der Waals surface area contributed by atoms with E-state index in [2.05, 4.69) is 65.9 Å². The van der Waals surface area contributed by atoms with E-state index in [1.165, 1.54) is 5.56 Å². The van der Waals surface area contributed by atoms with Gasteiger partial charge in [0.05, 0.1) is 5.33 Å². The number of hydrogen-bond acceptors (Lipinski definition) is 0. The van der Waals surface area contributed by atoms with Gasteiger partial charge in [-0.05, 0) is 23.6 Å². The van der Waals surface area contributed by atoms with E-state index in [0.29, 0.717) is 5.92 Å². The van der Waals surface area contributed by atoms with Crippen LogP contribution in [0.4, 0.5) is 0 Å². The summed E-state index contributed by atoms with van der Waals surface area (Å²) in [5, 5.41) is 0.735. The molecular formula is C12H13Br. The molecule has 13 heavy (non-hydrogen) atoms. The lowest BCUT2D eigenvalue weighted by Crippen LogP contribution is -1.86. The van der Waals surface area contributed by atoms with E-state index in [1.807, 2.05) is 0 Å². The van der Waals surface area contributed by atoms with Crippen molar-refractivity contribution in [3.05, 3.63) is 35.4 Å². The highest BCUT2D eigenvalue weighted by molar-refractivity contribution is 9.09. The Labute approximate surface area is 88.5 Å². The minimum Gasteiger partial charge on any atom is -0.0863 e. The van der Waals surface area contributed by atoms with Crippen molar-refractivity contribution in [2.45, 2.75) is 19.8 Å². The van der Waals surface area contributed by atoms with Crippen molar-refractivity contribution in [2.75, 3.05) is 5.33 Å². The maximum atomic E-state index is 3.27. The van der Waals surface area contributed by atoms with E-state index in [-0.39, 0.29) is 0 Å². The predicted molar refractivity (Wildman–Crippen MR) is 61.2 cm³/mol. The summed E-state index contributed by atoms with van der Waals surface area (Å²) < 4.78 is 0. The summed E-state index contributed by atoms with van der Waals surface area (Å²) in [4.78, 5) is 0. The highest BCUT2D eigenvalue weighted by atomic mass is 79.9. The quantitative estimate of drug-likeness (QED) is 0.517. The van der Waals surface area contributed by atoms with Crippen LogP contribution in [0.2, 0.25) is 0 Å². The van der Waals surface area contributed by atoms with Crippen molar-refractivity contribution in [3.63, 3.8) is 0 Å². The van der Waals surface area contributed by atoms with E-state index < -0.39 is 0 Å². The lowest BCUT2D eigenvalue weighted by Gasteiger charge is -2.03. The molecule has 0 unspecified atom stereocenters. The third-order valence-electron chi connectivity index (χ3n) is 1.88. The third-order valence-corrected chi connectivity index (χ3v) is 2.16. The molecule has 0 fully saturated rings. The van der Waals surface area contributed by atoms with Crippen LogP contribution < -0.4 is 0 Å². The molecule has 0 saturated heterocycles. The van der Waals surface area contributed by atoms with Crippen LogP contribution >= 0.6 is 15.9 Å². The van der Waals surface area contributed by atoms with Crippen molar-refractivity contribution in [1.29, 1.82) is 0 Å². The zero-order valence-corrected chi connectivity index (χ0v) is 9.56. The molecule has 0 aliphatic carbocycles. The molecule has 1 aromatic carbocycles. The summed E-state index contributed by atoms with van der Waals surface area (Å²) in [7, 11) is 0. The Hall–Kier alpha value is -0.740. The summed E-state index contributed by atoms with van der Waals surface area (Å²) in [6, 6.07) is 8.43. The van der Waals surface area contributed by atoms with E-state index >= 15 is 0 Å². The maximum Gasteiger partial charge on any atom is 0.0649 e. The van der Waals surface area contributed by atoms with Crippen molar-refractivity contribution in [1.82, 2.24) is 0 Å². The Morgan fingerprint density at radius 3 is 2.31 bits per heavy atom. The molecule has 0 aliphatic heterocycles. The van der Waals surface area contributed by atoms with Crippen LogP contribution in [0.3, 0.4) is 0 Å². The molecule has 0 spiro atoms. The smallest absolute Gasteiger partial charge is 0.0649 e. The molecule has 0 nitrogen and oxygen atoms in total. The zero-order chi connectivity index (χ0) is 9.68. The van der Waals surface area contributed by atoms with Gasteiger partial charge in [0.15, 0.2) is 0 Å². The van der Waals surface area contributed by atoms with Crippen molar-refractivity contribution in [3.8, 4) is 11.8 Å². The van der Waals surface area contributed by atoms with Gasteiger partial charge in [-0.1, -0.05) is 53.8 Å². The largest absolute Gasteiger partial charge is 0.0863 e. The number of alkyl halides is 1. The van der Waals surface area contributed by atoms with Crippen LogP contribution in [0.5, 0.6) is 0 Å². The van der Waals surface area contributed by atoms with Gasteiger partial charge in [0, 0.05) is 5.56 Å². The molecule has 0 saturated carbocycles. The Kier molecular flexibility index (Phi) is 4.05. The number of rotatable bonds is 1. The van der Waals surface area contributed by atoms with Crippen molar-refractivity contribution in [2.24, 2.45) is 0 Å². The van der Waals surface area contributed by atoms with Crippen LogP contribution in [0.15, 0.2) is 24.3 Å². The van der Waals surface area contributed by atoms with Gasteiger partial charge in [-0.3, -0.25) is 0 Å². The normalized spacial score (nSPS) is 9.54. The molecular weight excluding hydrogens is 224 g/mol. The highest BCUT2D eigenvalue weighted by Gasteiger charge is 1.96. The molecule has 1 heteroatoms. The summed E-state index contributed by atoms with van der Waals surface area (Å²) in [5.74, 6) is 6.64. The molecule has 68 valence electrons. The minimum absolute atomic E-state index is 0.596. The van der Waals surface area contributed by atoms with Crippen LogP contribution in [0.25, 0.3) is 0 Å². The van der Waals surface area contributed by atoms with Gasteiger partial charge < -0.3 is 0 Å². The molecule has 0 bridgehead atoms. The standard InChI is InChI=1S/C12H13Br/c1-10(2)12-7-5-11(6-8-12)4-3-9-13/h5-8,10H,9H2,1-2H3. The van der Waals surface area contributed by atoms with Gasteiger partial charge in [-0.15, -0.1) is 0 Å². The molecule has 0 aliphatic rings. The van der Waals surface area contributed by atoms with E-state index in [9.17, 15) is 0 Å². The van der Waals surface area contributed by atoms with Gasteiger partial charge in [0.1, 0.15) is 0 Å². The van der Waals surface area contributed by atoms with Crippen molar-refractivity contribution < 1.29 is 0 Å². The first-order valence-corrected chi connectivity index (χ1v) is 5.51. The Bertz CT molecular complexity index is 311. The Morgan fingerprint density at radius 1 is 1.23 bits per heavy atom. The lowest BCUT2D eigenvalue weighted by molar-refractivity contribution is 0.866. The third kappa shape index (κ3) is 3.24. The first-order chi connectivity index (χ1) is 6.24. The first kappa shape index (κ1) is 10.3. The fourth-order valence-electron chi connectivity index (χ4n) is 1.09. The average molecular weight is 237 g/mol. The topological polar surface area (TPSA) is 0 Å². The number of benzene rings is 1. The van der Waals surface area contributed by atoms with Gasteiger partial charge in [-0.25, -0.2) is 0 Å². The summed E-state index contributed by atoms with van der Waals surface area (Å²) in [6.07, 6.45) is 0. The summed E-state index contributed by atoms with van der Waals surface area (Å²) in [5.41, 5.74) is 2.45. The lowest BCUT2D eigenvalue weighted by atomic mass is 10.0. The maximum absolute atomic E-state index is 3.27.